The minimum absolute atomic E-state index is 0.179. The molecule has 4 heterocycles. The van der Waals surface area contributed by atoms with Crippen molar-refractivity contribution in [1.29, 1.82) is 0 Å². The van der Waals surface area contributed by atoms with Crippen molar-refractivity contribution in [3.8, 4) is 0 Å². The van der Waals surface area contributed by atoms with Crippen LogP contribution in [-0.2, 0) is 4.74 Å². The first-order valence-corrected chi connectivity index (χ1v) is 8.45. The molecule has 25 heavy (non-hydrogen) atoms. The van der Waals surface area contributed by atoms with E-state index >= 15 is 0 Å². The largest absolute Gasteiger partial charge is 0.394 e. The quantitative estimate of drug-likeness (QED) is 0.537. The zero-order valence-electron chi connectivity index (χ0n) is 13.6. The number of rotatable bonds is 3. The van der Waals surface area contributed by atoms with E-state index < -0.39 is 36.7 Å². The summed E-state index contributed by atoms with van der Waals surface area (Å²) < 4.78 is 7.14. The molecular weight excluding hydrogens is 330 g/mol. The Morgan fingerprint density at radius 3 is 2.68 bits per heavy atom. The van der Waals surface area contributed by atoms with Crippen LogP contribution in [0.3, 0.4) is 0 Å². The van der Waals surface area contributed by atoms with Crippen molar-refractivity contribution in [3.63, 3.8) is 0 Å². The predicted molar refractivity (Wildman–Crippen MR) is 87.2 cm³/mol. The molecule has 0 amide bonds. The van der Waals surface area contributed by atoms with E-state index in [0.29, 0.717) is 5.95 Å². The van der Waals surface area contributed by atoms with Gasteiger partial charge in [0, 0.05) is 13.1 Å². The second kappa shape index (κ2) is 6.37. The van der Waals surface area contributed by atoms with Gasteiger partial charge in [0.15, 0.2) is 17.4 Å². The summed E-state index contributed by atoms with van der Waals surface area (Å²) in [6.45, 7) is 1.11. The van der Waals surface area contributed by atoms with Crippen molar-refractivity contribution in [2.45, 2.75) is 43.8 Å². The summed E-state index contributed by atoms with van der Waals surface area (Å²) in [5.74, 6) is 0.480. The summed E-state index contributed by atoms with van der Waals surface area (Å²) in [5, 5.41) is 29.8. The molecule has 4 unspecified atom stereocenters. The highest BCUT2D eigenvalue weighted by Gasteiger charge is 2.45. The number of nitrogens with zero attached hydrogens (tertiary/aromatic N) is 4. The van der Waals surface area contributed by atoms with E-state index in [1.807, 2.05) is 4.90 Å². The summed E-state index contributed by atoms with van der Waals surface area (Å²) in [6, 6.07) is 0. The van der Waals surface area contributed by atoms with E-state index in [1.54, 1.807) is 0 Å². The predicted octanol–water partition coefficient (Wildman–Crippen LogP) is -1.28. The van der Waals surface area contributed by atoms with Gasteiger partial charge in [0.1, 0.15) is 18.3 Å². The Morgan fingerprint density at radius 2 is 2.00 bits per heavy atom. The molecule has 4 atom stereocenters. The van der Waals surface area contributed by atoms with Crippen LogP contribution in [0.5, 0.6) is 0 Å². The summed E-state index contributed by atoms with van der Waals surface area (Å²) in [7, 11) is 0. The van der Waals surface area contributed by atoms with Crippen LogP contribution in [0.4, 0.5) is 5.95 Å². The third-order valence-corrected chi connectivity index (χ3v) is 4.88. The van der Waals surface area contributed by atoms with Crippen molar-refractivity contribution in [2.24, 2.45) is 0 Å². The van der Waals surface area contributed by atoms with Crippen LogP contribution in [0.1, 0.15) is 25.5 Å². The molecule has 4 N–H and O–H groups in total. The molecule has 10 nitrogen and oxygen atoms in total. The van der Waals surface area contributed by atoms with E-state index in [0.717, 1.165) is 32.4 Å². The molecular formula is C15H21N5O5. The highest BCUT2D eigenvalue weighted by atomic mass is 16.6. The van der Waals surface area contributed by atoms with Crippen LogP contribution in [0.15, 0.2) is 11.1 Å². The van der Waals surface area contributed by atoms with Gasteiger partial charge in [-0.15, -0.1) is 0 Å². The van der Waals surface area contributed by atoms with E-state index in [2.05, 4.69) is 15.0 Å². The number of imidazole rings is 1. The van der Waals surface area contributed by atoms with Gasteiger partial charge in [-0.05, 0) is 19.3 Å². The number of aromatic nitrogens is 4. The van der Waals surface area contributed by atoms with Gasteiger partial charge >= 0.3 is 0 Å². The topological polar surface area (TPSA) is 137 Å². The van der Waals surface area contributed by atoms with E-state index in [9.17, 15) is 20.1 Å². The normalized spacial score (nSPS) is 30.3. The monoisotopic (exact) mass is 351 g/mol. The lowest BCUT2D eigenvalue weighted by molar-refractivity contribution is -0.0503. The van der Waals surface area contributed by atoms with Crippen molar-refractivity contribution in [3.05, 3.63) is 16.7 Å². The third-order valence-electron chi connectivity index (χ3n) is 4.88. The number of aliphatic hydroxyl groups excluding tert-OH is 3. The maximum Gasteiger partial charge on any atom is 0.277 e. The van der Waals surface area contributed by atoms with Crippen molar-refractivity contribution in [1.82, 2.24) is 19.5 Å². The molecule has 0 aromatic carbocycles. The maximum absolute atomic E-state index is 12.4. The number of anilines is 1. The number of ether oxygens (including phenoxy) is 1. The fraction of sp³-hybridized carbons (Fsp3) is 0.667. The van der Waals surface area contributed by atoms with Crippen LogP contribution in [0.2, 0.25) is 0 Å². The van der Waals surface area contributed by atoms with Crippen molar-refractivity contribution >= 4 is 17.1 Å². The minimum Gasteiger partial charge on any atom is -0.394 e. The number of hydrogen-bond acceptors (Lipinski definition) is 8. The van der Waals surface area contributed by atoms with Crippen LogP contribution in [-0.4, -0.2) is 72.8 Å². The summed E-state index contributed by atoms with van der Waals surface area (Å²) in [6.07, 6.45) is -0.0915. The van der Waals surface area contributed by atoms with Gasteiger partial charge in [-0.1, -0.05) is 0 Å². The summed E-state index contributed by atoms with van der Waals surface area (Å²) >= 11 is 0. The lowest BCUT2D eigenvalue weighted by Crippen LogP contribution is -2.36. The highest BCUT2D eigenvalue weighted by Crippen LogP contribution is 2.35. The van der Waals surface area contributed by atoms with Crippen LogP contribution in [0, 0.1) is 0 Å². The number of aromatic amines is 1. The first kappa shape index (κ1) is 16.5. The highest BCUT2D eigenvalue weighted by molar-refractivity contribution is 5.74. The lowest BCUT2D eigenvalue weighted by atomic mass is 10.1. The van der Waals surface area contributed by atoms with Crippen LogP contribution >= 0.6 is 0 Å². The Morgan fingerprint density at radius 1 is 1.24 bits per heavy atom. The molecule has 2 saturated heterocycles. The molecule has 0 aliphatic carbocycles. The molecule has 2 aromatic heterocycles. The van der Waals surface area contributed by atoms with Gasteiger partial charge in [-0.3, -0.25) is 9.36 Å². The SMILES string of the molecule is O=c1[nH]cnc2nc(N3CCCCC3)n(C3OC(CO)C(O)C3O)c12. The first-order chi connectivity index (χ1) is 12.1. The van der Waals surface area contributed by atoms with Crippen molar-refractivity contribution in [2.75, 3.05) is 24.6 Å². The molecule has 2 aliphatic rings. The van der Waals surface area contributed by atoms with Gasteiger partial charge in [0.05, 0.1) is 12.9 Å². The standard InChI is InChI=1S/C15H21N5O5/c21-6-8-10(22)11(23)14(25-8)20-9-12(16-7-17-13(9)24)18-15(20)19-4-2-1-3-5-19/h7-8,10-11,14,21-23H,1-6H2,(H,16,17,24). The molecule has 10 heteroatoms. The van der Waals surface area contributed by atoms with E-state index in [-0.39, 0.29) is 11.2 Å². The second-order valence-corrected chi connectivity index (χ2v) is 6.46. The first-order valence-electron chi connectivity index (χ1n) is 8.45. The minimum atomic E-state index is -1.29. The van der Waals surface area contributed by atoms with E-state index in [4.69, 9.17) is 4.74 Å². The van der Waals surface area contributed by atoms with Crippen LogP contribution < -0.4 is 10.5 Å². The molecule has 2 aromatic rings. The fourth-order valence-electron chi connectivity index (χ4n) is 3.58. The van der Waals surface area contributed by atoms with Crippen LogP contribution in [0.25, 0.3) is 11.2 Å². The van der Waals surface area contributed by atoms with Gasteiger partial charge in [0.25, 0.3) is 5.56 Å². The fourth-order valence-corrected chi connectivity index (χ4v) is 3.58. The Labute approximate surface area is 142 Å². The lowest BCUT2D eigenvalue weighted by Gasteiger charge is -2.30. The summed E-state index contributed by atoms with van der Waals surface area (Å²) in [5.41, 5.74) is 0.0264. The number of nitrogens with one attached hydrogen (secondary N) is 1. The molecule has 0 spiro atoms. The van der Waals surface area contributed by atoms with Crippen molar-refractivity contribution < 1.29 is 20.1 Å². The molecule has 136 valence electrons. The Kier molecular flexibility index (Phi) is 4.20. The van der Waals surface area contributed by atoms with Gasteiger partial charge in [-0.2, -0.15) is 4.98 Å². The number of H-pyrrole nitrogens is 1. The molecule has 0 bridgehead atoms. The Balaban J connectivity index is 1.87. The van der Waals surface area contributed by atoms with Gasteiger partial charge in [-0.25, -0.2) is 4.98 Å². The number of hydrogen-bond donors (Lipinski definition) is 4. The average Bonchev–Trinajstić information content (AvgIpc) is 3.15. The average molecular weight is 351 g/mol. The van der Waals surface area contributed by atoms with Gasteiger partial charge in [0.2, 0.25) is 5.95 Å². The number of fused-ring (bicyclic) bond motifs is 1. The molecule has 0 saturated carbocycles. The molecule has 2 fully saturated rings. The number of aliphatic hydroxyl groups is 3. The zero-order valence-corrected chi connectivity index (χ0v) is 13.6. The molecule has 2 aliphatic heterocycles. The van der Waals surface area contributed by atoms with Gasteiger partial charge < -0.3 is 29.9 Å². The smallest absolute Gasteiger partial charge is 0.277 e. The maximum atomic E-state index is 12.4. The second-order valence-electron chi connectivity index (χ2n) is 6.46. The zero-order chi connectivity index (χ0) is 17.6. The number of piperidine rings is 1. The van der Waals surface area contributed by atoms with E-state index in [1.165, 1.54) is 10.9 Å². The molecule has 0 radical (unpaired) electrons. The third kappa shape index (κ3) is 2.61. The molecule has 4 rings (SSSR count). The summed E-state index contributed by atoms with van der Waals surface area (Å²) in [4.78, 5) is 25.5. The Hall–Kier alpha value is -2.01. The Bertz CT molecular complexity index is 814.